The van der Waals surface area contributed by atoms with Gasteiger partial charge in [-0.25, -0.2) is 9.97 Å². The number of aryl methyl sites for hydroxylation is 1. The molecule has 0 saturated carbocycles. The van der Waals surface area contributed by atoms with Gasteiger partial charge in [0.15, 0.2) is 0 Å². The van der Waals surface area contributed by atoms with Crippen molar-refractivity contribution in [3.8, 4) is 6.07 Å². The molecule has 0 radical (unpaired) electrons. The molecule has 0 aliphatic heterocycles. The van der Waals surface area contributed by atoms with Gasteiger partial charge in [-0.2, -0.15) is 5.26 Å². The Morgan fingerprint density at radius 1 is 1.28 bits per heavy atom. The van der Waals surface area contributed by atoms with Crippen molar-refractivity contribution in [1.82, 2.24) is 9.97 Å². The zero-order valence-electron chi connectivity index (χ0n) is 10.1. The molecule has 0 N–H and O–H groups in total. The van der Waals surface area contributed by atoms with E-state index in [1.165, 1.54) is 0 Å². The van der Waals surface area contributed by atoms with Crippen LogP contribution in [-0.2, 0) is 0 Å². The summed E-state index contributed by atoms with van der Waals surface area (Å²) < 4.78 is 0. The van der Waals surface area contributed by atoms with E-state index in [9.17, 15) is 0 Å². The van der Waals surface area contributed by atoms with E-state index in [2.05, 4.69) is 16.0 Å². The van der Waals surface area contributed by atoms with Crippen molar-refractivity contribution in [2.24, 2.45) is 0 Å². The first-order valence-electron chi connectivity index (χ1n) is 5.35. The van der Waals surface area contributed by atoms with Crippen molar-refractivity contribution in [2.75, 3.05) is 11.9 Å². The summed E-state index contributed by atoms with van der Waals surface area (Å²) in [5.74, 6) is 0.697. The van der Waals surface area contributed by atoms with Crippen molar-refractivity contribution in [2.45, 2.75) is 6.92 Å². The standard InChI is InChI=1S/C13H11ClN4/c1-9-6-12(17-13(14)16-9)18(2)11-5-3-4-10(7-11)8-15/h3-7H,1-2H3. The Balaban J connectivity index is 2.41. The normalized spacial score (nSPS) is 9.89. The number of hydrogen-bond donors (Lipinski definition) is 0. The quantitative estimate of drug-likeness (QED) is 0.777. The van der Waals surface area contributed by atoms with Gasteiger partial charge in [0.1, 0.15) is 5.82 Å². The van der Waals surface area contributed by atoms with Crippen LogP contribution in [0.3, 0.4) is 0 Å². The van der Waals surface area contributed by atoms with Crippen LogP contribution in [0.4, 0.5) is 11.5 Å². The lowest BCUT2D eigenvalue weighted by molar-refractivity contribution is 1.05. The van der Waals surface area contributed by atoms with Gasteiger partial charge in [-0.3, -0.25) is 0 Å². The number of nitriles is 1. The maximum absolute atomic E-state index is 8.89. The van der Waals surface area contributed by atoms with E-state index in [1.807, 2.05) is 37.1 Å². The van der Waals surface area contributed by atoms with Gasteiger partial charge in [0.25, 0.3) is 0 Å². The maximum atomic E-state index is 8.89. The highest BCUT2D eigenvalue weighted by Gasteiger charge is 2.08. The molecular formula is C13H11ClN4. The first-order chi connectivity index (χ1) is 8.60. The van der Waals surface area contributed by atoms with Crippen molar-refractivity contribution in [3.63, 3.8) is 0 Å². The molecule has 0 spiro atoms. The molecule has 0 amide bonds. The number of anilines is 2. The third-order valence-electron chi connectivity index (χ3n) is 2.52. The molecule has 0 fully saturated rings. The minimum Gasteiger partial charge on any atom is -0.329 e. The highest BCUT2D eigenvalue weighted by molar-refractivity contribution is 6.28. The van der Waals surface area contributed by atoms with Crippen LogP contribution in [0.1, 0.15) is 11.3 Å². The van der Waals surface area contributed by atoms with Gasteiger partial charge < -0.3 is 4.90 Å². The molecule has 4 nitrogen and oxygen atoms in total. The monoisotopic (exact) mass is 258 g/mol. The lowest BCUT2D eigenvalue weighted by Gasteiger charge is -2.18. The van der Waals surface area contributed by atoms with Crippen molar-refractivity contribution in [3.05, 3.63) is 46.9 Å². The molecule has 0 atom stereocenters. The molecular weight excluding hydrogens is 248 g/mol. The van der Waals surface area contributed by atoms with Crippen LogP contribution in [0.2, 0.25) is 5.28 Å². The van der Waals surface area contributed by atoms with E-state index in [1.54, 1.807) is 12.1 Å². The van der Waals surface area contributed by atoms with E-state index >= 15 is 0 Å². The highest BCUT2D eigenvalue weighted by atomic mass is 35.5. The Kier molecular flexibility index (Phi) is 3.45. The molecule has 2 aromatic rings. The molecule has 0 unspecified atom stereocenters. The summed E-state index contributed by atoms with van der Waals surface area (Å²) in [6.45, 7) is 1.86. The number of benzene rings is 1. The average molecular weight is 259 g/mol. The van der Waals surface area contributed by atoms with Crippen LogP contribution in [0.25, 0.3) is 0 Å². The summed E-state index contributed by atoms with van der Waals surface area (Å²) in [7, 11) is 1.87. The predicted octanol–water partition coefficient (Wildman–Crippen LogP) is 3.08. The summed E-state index contributed by atoms with van der Waals surface area (Å²) in [6.07, 6.45) is 0. The minimum absolute atomic E-state index is 0.216. The van der Waals surface area contributed by atoms with Crippen LogP contribution in [0, 0.1) is 18.3 Å². The summed E-state index contributed by atoms with van der Waals surface area (Å²) >= 11 is 5.84. The van der Waals surface area contributed by atoms with Crippen LogP contribution in [0.5, 0.6) is 0 Å². The second-order valence-corrected chi connectivity index (χ2v) is 4.20. The lowest BCUT2D eigenvalue weighted by atomic mass is 10.2. The topological polar surface area (TPSA) is 52.8 Å². The molecule has 1 heterocycles. The smallest absolute Gasteiger partial charge is 0.224 e. The highest BCUT2D eigenvalue weighted by Crippen LogP contribution is 2.23. The van der Waals surface area contributed by atoms with E-state index in [0.717, 1.165) is 11.4 Å². The fourth-order valence-electron chi connectivity index (χ4n) is 1.60. The molecule has 0 bridgehead atoms. The summed E-state index contributed by atoms with van der Waals surface area (Å²) in [6, 6.07) is 11.2. The molecule has 90 valence electrons. The van der Waals surface area contributed by atoms with Gasteiger partial charge >= 0.3 is 0 Å². The van der Waals surface area contributed by atoms with Crippen molar-refractivity contribution < 1.29 is 0 Å². The van der Waals surface area contributed by atoms with Crippen molar-refractivity contribution in [1.29, 1.82) is 5.26 Å². The zero-order chi connectivity index (χ0) is 13.1. The summed E-state index contributed by atoms with van der Waals surface area (Å²) in [5.41, 5.74) is 2.28. The van der Waals surface area contributed by atoms with Crippen LogP contribution < -0.4 is 4.90 Å². The fraction of sp³-hybridized carbons (Fsp3) is 0.154. The Morgan fingerprint density at radius 2 is 2.06 bits per heavy atom. The zero-order valence-corrected chi connectivity index (χ0v) is 10.8. The van der Waals surface area contributed by atoms with Gasteiger partial charge in [-0.1, -0.05) is 6.07 Å². The van der Waals surface area contributed by atoms with Crippen LogP contribution in [-0.4, -0.2) is 17.0 Å². The molecule has 1 aromatic carbocycles. The van der Waals surface area contributed by atoms with E-state index < -0.39 is 0 Å². The van der Waals surface area contributed by atoms with Crippen LogP contribution >= 0.6 is 11.6 Å². The number of rotatable bonds is 2. The SMILES string of the molecule is Cc1cc(N(C)c2cccc(C#N)c2)nc(Cl)n1. The third-order valence-corrected chi connectivity index (χ3v) is 2.69. The van der Waals surface area contributed by atoms with E-state index in [-0.39, 0.29) is 5.28 Å². The average Bonchev–Trinajstić information content (AvgIpc) is 2.37. The largest absolute Gasteiger partial charge is 0.329 e. The first kappa shape index (κ1) is 12.3. The Labute approximate surface area is 110 Å². The second kappa shape index (κ2) is 5.03. The van der Waals surface area contributed by atoms with Crippen LogP contribution in [0.15, 0.2) is 30.3 Å². The number of hydrogen-bond acceptors (Lipinski definition) is 4. The Hall–Kier alpha value is -2.12. The van der Waals surface area contributed by atoms with E-state index in [0.29, 0.717) is 11.4 Å². The van der Waals surface area contributed by atoms with Gasteiger partial charge in [0.2, 0.25) is 5.28 Å². The van der Waals surface area contributed by atoms with Crippen molar-refractivity contribution >= 4 is 23.1 Å². The lowest BCUT2D eigenvalue weighted by Crippen LogP contribution is -2.12. The number of halogens is 1. The number of nitrogens with zero attached hydrogens (tertiary/aromatic N) is 4. The minimum atomic E-state index is 0.216. The van der Waals surface area contributed by atoms with Gasteiger partial charge in [-0.05, 0) is 36.7 Å². The van der Waals surface area contributed by atoms with E-state index in [4.69, 9.17) is 16.9 Å². The second-order valence-electron chi connectivity index (χ2n) is 3.86. The maximum Gasteiger partial charge on any atom is 0.224 e. The first-order valence-corrected chi connectivity index (χ1v) is 5.73. The molecule has 0 saturated heterocycles. The Morgan fingerprint density at radius 3 is 2.72 bits per heavy atom. The molecule has 1 aromatic heterocycles. The molecule has 18 heavy (non-hydrogen) atoms. The number of aromatic nitrogens is 2. The fourth-order valence-corrected chi connectivity index (χ4v) is 1.82. The summed E-state index contributed by atoms with van der Waals surface area (Å²) in [4.78, 5) is 10.0. The molecule has 5 heteroatoms. The third kappa shape index (κ3) is 2.58. The predicted molar refractivity (Wildman–Crippen MR) is 71.0 cm³/mol. The molecule has 0 aliphatic carbocycles. The van der Waals surface area contributed by atoms with Gasteiger partial charge in [-0.15, -0.1) is 0 Å². The molecule has 2 rings (SSSR count). The molecule has 0 aliphatic rings. The Bertz CT molecular complexity index is 598. The summed E-state index contributed by atoms with van der Waals surface area (Å²) in [5, 5.41) is 9.10. The van der Waals surface area contributed by atoms with Gasteiger partial charge in [0.05, 0.1) is 11.6 Å². The van der Waals surface area contributed by atoms with Gasteiger partial charge in [0, 0.05) is 24.5 Å².